The van der Waals surface area contributed by atoms with Gasteiger partial charge in [0.1, 0.15) is 0 Å². The Kier molecular flexibility index (Phi) is 6.05. The van der Waals surface area contributed by atoms with Crippen LogP contribution in [0.3, 0.4) is 0 Å². The first-order chi connectivity index (χ1) is 22.2. The van der Waals surface area contributed by atoms with Crippen molar-refractivity contribution in [1.82, 2.24) is 9.80 Å². The topological polar surface area (TPSA) is 74.8 Å². The monoisotopic (exact) mass is 620 g/mol. The SMILES string of the molecule is C=C/C(=C\C(=C)Cl)CN1C(=O)c2ccc3c4ccc5c6c(ccc(c7ccc(c2c37)C1=O)c64)C(=O)N(Cc1cccc(C)c1)C5=O. The van der Waals surface area contributed by atoms with E-state index in [4.69, 9.17) is 11.6 Å². The summed E-state index contributed by atoms with van der Waals surface area (Å²) in [5, 5.41) is 6.50. The maximum absolute atomic E-state index is 13.9. The lowest BCUT2D eigenvalue weighted by Crippen LogP contribution is -2.41. The van der Waals surface area contributed by atoms with Crippen molar-refractivity contribution < 1.29 is 19.2 Å². The maximum atomic E-state index is 13.9. The van der Waals surface area contributed by atoms with Crippen LogP contribution < -0.4 is 0 Å². The van der Waals surface area contributed by atoms with E-state index in [2.05, 4.69) is 13.2 Å². The molecule has 2 aliphatic heterocycles. The molecule has 7 heteroatoms. The van der Waals surface area contributed by atoms with Gasteiger partial charge in [-0.15, -0.1) is 0 Å². The van der Waals surface area contributed by atoms with Crippen LogP contribution in [0.5, 0.6) is 0 Å². The Hall–Kier alpha value is -5.59. The van der Waals surface area contributed by atoms with Crippen LogP contribution in [0.1, 0.15) is 52.6 Å². The molecule has 46 heavy (non-hydrogen) atoms. The Labute approximate surface area is 268 Å². The van der Waals surface area contributed by atoms with Gasteiger partial charge in [0.05, 0.1) is 13.1 Å². The molecule has 0 saturated carbocycles. The highest BCUT2D eigenvalue weighted by Gasteiger charge is 2.37. The second-order valence-corrected chi connectivity index (χ2v) is 12.4. The molecule has 0 atom stereocenters. The van der Waals surface area contributed by atoms with Crippen molar-refractivity contribution in [2.75, 3.05) is 6.54 Å². The number of carbonyl (C=O) groups excluding carboxylic acids is 4. The Morgan fingerprint density at radius 3 is 1.54 bits per heavy atom. The molecule has 4 amide bonds. The second kappa shape index (κ2) is 9.96. The van der Waals surface area contributed by atoms with E-state index in [9.17, 15) is 19.2 Å². The third kappa shape index (κ3) is 3.83. The maximum Gasteiger partial charge on any atom is 0.261 e. The number of hydrogen-bond donors (Lipinski definition) is 0. The van der Waals surface area contributed by atoms with Crippen LogP contribution in [0.15, 0.2) is 109 Å². The van der Waals surface area contributed by atoms with Gasteiger partial charge in [0, 0.05) is 38.1 Å². The van der Waals surface area contributed by atoms with Crippen LogP contribution in [0.25, 0.3) is 43.1 Å². The lowest BCUT2D eigenvalue weighted by Gasteiger charge is -2.30. The van der Waals surface area contributed by atoms with Gasteiger partial charge in [0.2, 0.25) is 0 Å². The van der Waals surface area contributed by atoms with Gasteiger partial charge in [0.15, 0.2) is 0 Å². The van der Waals surface area contributed by atoms with Gasteiger partial charge in [-0.1, -0.05) is 84.9 Å². The summed E-state index contributed by atoms with van der Waals surface area (Å²) < 4.78 is 0. The molecular formula is C39H25ClN2O4. The number of imide groups is 2. The normalized spacial score (nSPS) is 14.9. The number of amides is 4. The van der Waals surface area contributed by atoms with E-state index in [0.717, 1.165) is 43.4 Å². The number of rotatable bonds is 6. The second-order valence-electron chi connectivity index (χ2n) is 11.9. The molecule has 0 N–H and O–H groups in total. The van der Waals surface area contributed by atoms with Gasteiger partial charge in [-0.25, -0.2) is 0 Å². The lowest BCUT2D eigenvalue weighted by molar-refractivity contribution is 0.0591. The van der Waals surface area contributed by atoms with Crippen molar-refractivity contribution in [2.24, 2.45) is 0 Å². The van der Waals surface area contributed by atoms with Crippen molar-refractivity contribution in [2.45, 2.75) is 13.5 Å². The summed E-state index contributed by atoms with van der Waals surface area (Å²) in [6.07, 6.45) is 3.13. The first kappa shape index (κ1) is 27.9. The highest BCUT2D eigenvalue weighted by atomic mass is 35.5. The van der Waals surface area contributed by atoms with Gasteiger partial charge in [-0.2, -0.15) is 0 Å². The van der Waals surface area contributed by atoms with E-state index in [1.165, 1.54) is 9.80 Å². The number of hydrogen-bond acceptors (Lipinski definition) is 4. The summed E-state index contributed by atoms with van der Waals surface area (Å²) in [5.74, 6) is -1.48. The van der Waals surface area contributed by atoms with Crippen LogP contribution in [-0.2, 0) is 6.54 Å². The number of halogens is 1. The smallest absolute Gasteiger partial charge is 0.261 e. The highest BCUT2D eigenvalue weighted by molar-refractivity contribution is 6.41. The molecule has 222 valence electrons. The summed E-state index contributed by atoms with van der Waals surface area (Å²) in [4.78, 5) is 57.9. The summed E-state index contributed by atoms with van der Waals surface area (Å²) in [6, 6.07) is 22.5. The lowest BCUT2D eigenvalue weighted by atomic mass is 9.82. The molecule has 2 heterocycles. The summed E-state index contributed by atoms with van der Waals surface area (Å²) in [7, 11) is 0. The number of carbonyl (C=O) groups is 4. The Morgan fingerprint density at radius 2 is 1.13 bits per heavy atom. The molecule has 6 aromatic carbocycles. The van der Waals surface area contributed by atoms with E-state index in [-0.39, 0.29) is 29.9 Å². The van der Waals surface area contributed by atoms with E-state index in [1.54, 1.807) is 36.4 Å². The van der Waals surface area contributed by atoms with E-state index >= 15 is 0 Å². The molecule has 0 unspecified atom stereocenters. The fourth-order valence-electron chi connectivity index (χ4n) is 7.20. The quantitative estimate of drug-likeness (QED) is 0.0812. The fraction of sp³-hybridized carbons (Fsp3) is 0.0769. The van der Waals surface area contributed by atoms with Crippen LogP contribution in [-0.4, -0.2) is 40.0 Å². The van der Waals surface area contributed by atoms with Gasteiger partial charge in [-0.3, -0.25) is 29.0 Å². The molecule has 0 bridgehead atoms. The van der Waals surface area contributed by atoms with Gasteiger partial charge >= 0.3 is 0 Å². The number of nitrogens with zero attached hydrogens (tertiary/aromatic N) is 2. The molecule has 0 fully saturated rings. The zero-order valence-electron chi connectivity index (χ0n) is 24.8. The van der Waals surface area contributed by atoms with Crippen LogP contribution in [0, 0.1) is 6.92 Å². The molecule has 6 nitrogen and oxygen atoms in total. The fourth-order valence-corrected chi connectivity index (χ4v) is 7.34. The minimum atomic E-state index is -0.407. The molecule has 8 rings (SSSR count). The van der Waals surface area contributed by atoms with Crippen molar-refractivity contribution in [3.63, 3.8) is 0 Å². The Morgan fingerprint density at radius 1 is 0.674 bits per heavy atom. The van der Waals surface area contributed by atoms with E-state index < -0.39 is 11.8 Å². The van der Waals surface area contributed by atoms with Crippen LogP contribution in [0.4, 0.5) is 0 Å². The number of benzene rings is 6. The number of fused-ring (bicyclic) bond motifs is 2. The molecule has 0 radical (unpaired) electrons. The standard InChI is InChI=1S/C39H25ClN2O4/c1-4-22(17-21(3)40)18-41-36(43)28-12-8-24-26-10-14-30-35-31(39(46)42(38(30)45)19-23-7-5-6-20(2)16-23)15-11-27(33(26)35)25-9-13-29(37(41)44)34(28)32(24)25/h4-17H,1,3,18-19H2,2H3/b22-17+. The van der Waals surface area contributed by atoms with Gasteiger partial charge in [-0.05, 0) is 80.7 Å². The average Bonchev–Trinajstić information content (AvgIpc) is 3.04. The van der Waals surface area contributed by atoms with Crippen molar-refractivity contribution in [3.8, 4) is 0 Å². The van der Waals surface area contributed by atoms with E-state index in [1.807, 2.05) is 55.5 Å². The first-order valence-electron chi connectivity index (χ1n) is 14.8. The minimum Gasteiger partial charge on any atom is -0.270 e. The molecule has 6 aromatic rings. The summed E-state index contributed by atoms with van der Waals surface area (Å²) >= 11 is 5.97. The minimum absolute atomic E-state index is 0.00793. The zero-order valence-corrected chi connectivity index (χ0v) is 25.6. The third-order valence-corrected chi connectivity index (χ3v) is 9.28. The van der Waals surface area contributed by atoms with Crippen molar-refractivity contribution in [3.05, 3.63) is 142 Å². The van der Waals surface area contributed by atoms with Gasteiger partial charge < -0.3 is 0 Å². The summed E-state index contributed by atoms with van der Waals surface area (Å²) in [5.41, 5.74) is 4.33. The molecular weight excluding hydrogens is 596 g/mol. The molecule has 2 aliphatic rings. The molecule has 0 spiro atoms. The third-order valence-electron chi connectivity index (χ3n) is 9.17. The van der Waals surface area contributed by atoms with Crippen molar-refractivity contribution in [1.29, 1.82) is 0 Å². The predicted molar refractivity (Wildman–Crippen MR) is 182 cm³/mol. The summed E-state index contributed by atoms with van der Waals surface area (Å²) in [6.45, 7) is 9.63. The Bertz CT molecular complexity index is 2350. The van der Waals surface area contributed by atoms with Crippen molar-refractivity contribution >= 4 is 78.3 Å². The number of aryl methyl sites for hydroxylation is 1. The molecule has 0 aliphatic carbocycles. The first-order valence-corrected chi connectivity index (χ1v) is 15.2. The predicted octanol–water partition coefficient (Wildman–Crippen LogP) is 8.30. The van der Waals surface area contributed by atoms with Gasteiger partial charge in [0.25, 0.3) is 23.6 Å². The average molecular weight is 621 g/mol. The molecule has 0 saturated heterocycles. The highest BCUT2D eigenvalue weighted by Crippen LogP contribution is 2.46. The van der Waals surface area contributed by atoms with Crippen LogP contribution in [0.2, 0.25) is 0 Å². The molecule has 0 aromatic heterocycles. The van der Waals surface area contributed by atoms with E-state index in [0.29, 0.717) is 38.6 Å². The number of allylic oxidation sites excluding steroid dienone is 2. The van der Waals surface area contributed by atoms with Crippen LogP contribution >= 0.6 is 11.6 Å². The largest absolute Gasteiger partial charge is 0.270 e. The zero-order chi connectivity index (χ0) is 32.0. The Balaban J connectivity index is 1.32.